The summed E-state index contributed by atoms with van der Waals surface area (Å²) < 4.78 is 0. The van der Waals surface area contributed by atoms with E-state index < -0.39 is 0 Å². The van der Waals surface area contributed by atoms with E-state index in [1.54, 1.807) is 13.2 Å². The van der Waals surface area contributed by atoms with Crippen LogP contribution in [-0.2, 0) is 7.05 Å². The van der Waals surface area contributed by atoms with Crippen molar-refractivity contribution in [1.82, 2.24) is 25.2 Å². The molecular formula is C7H10N6. The van der Waals surface area contributed by atoms with E-state index in [4.69, 9.17) is 5.73 Å². The quantitative estimate of drug-likeness (QED) is 0.648. The molecule has 0 aromatic carbocycles. The third kappa shape index (κ3) is 1.16. The van der Waals surface area contributed by atoms with Gasteiger partial charge in [-0.15, -0.1) is 0 Å². The first-order chi connectivity index (χ1) is 6.18. The van der Waals surface area contributed by atoms with Gasteiger partial charge in [0, 0.05) is 12.6 Å². The molecule has 0 unspecified atom stereocenters. The highest BCUT2D eigenvalue weighted by Gasteiger charge is 2.10. The summed E-state index contributed by atoms with van der Waals surface area (Å²) in [6.07, 6.45) is 1.67. The number of aromatic nitrogens is 5. The van der Waals surface area contributed by atoms with Gasteiger partial charge in [-0.1, -0.05) is 0 Å². The van der Waals surface area contributed by atoms with Gasteiger partial charge in [0.2, 0.25) is 0 Å². The minimum absolute atomic E-state index is 0.501. The van der Waals surface area contributed by atoms with Gasteiger partial charge in [0.05, 0.1) is 11.9 Å². The summed E-state index contributed by atoms with van der Waals surface area (Å²) in [6, 6.07) is 0. The first kappa shape index (κ1) is 7.78. The van der Waals surface area contributed by atoms with Crippen molar-refractivity contribution < 1.29 is 0 Å². The van der Waals surface area contributed by atoms with E-state index in [-0.39, 0.29) is 0 Å². The molecule has 68 valence electrons. The minimum atomic E-state index is 0.501. The highest BCUT2D eigenvalue weighted by atomic mass is 15.4. The average Bonchev–Trinajstić information content (AvgIpc) is 2.62. The zero-order chi connectivity index (χ0) is 9.42. The number of aryl methyl sites for hydroxylation is 1. The molecule has 0 saturated heterocycles. The lowest BCUT2D eigenvalue weighted by molar-refractivity contribution is 0.655. The Morgan fingerprint density at radius 1 is 1.54 bits per heavy atom. The maximum atomic E-state index is 5.59. The van der Waals surface area contributed by atoms with Crippen LogP contribution in [-0.4, -0.2) is 25.2 Å². The van der Waals surface area contributed by atoms with Gasteiger partial charge in [-0.25, -0.2) is 0 Å². The van der Waals surface area contributed by atoms with Gasteiger partial charge in [0.15, 0.2) is 0 Å². The summed E-state index contributed by atoms with van der Waals surface area (Å²) in [5.74, 6) is 0.501. The average molecular weight is 178 g/mol. The first-order valence-corrected chi connectivity index (χ1v) is 3.85. The summed E-state index contributed by atoms with van der Waals surface area (Å²) in [6.45, 7) is 1.89. The number of nitrogens with one attached hydrogen (secondary N) is 1. The normalized spacial score (nSPS) is 10.6. The summed E-state index contributed by atoms with van der Waals surface area (Å²) in [7, 11) is 1.76. The molecule has 0 bridgehead atoms. The highest BCUT2D eigenvalue weighted by molar-refractivity contribution is 5.63. The van der Waals surface area contributed by atoms with Crippen molar-refractivity contribution in [2.45, 2.75) is 6.92 Å². The van der Waals surface area contributed by atoms with Gasteiger partial charge in [-0.05, 0) is 6.92 Å². The van der Waals surface area contributed by atoms with Crippen molar-refractivity contribution >= 4 is 5.82 Å². The Bertz CT molecular complexity index is 426. The Kier molecular flexibility index (Phi) is 1.54. The van der Waals surface area contributed by atoms with Crippen LogP contribution in [0.1, 0.15) is 5.56 Å². The molecule has 2 aromatic rings. The van der Waals surface area contributed by atoms with Crippen LogP contribution in [0, 0.1) is 6.92 Å². The Balaban J connectivity index is 2.52. The molecule has 0 aliphatic heterocycles. The zero-order valence-electron chi connectivity index (χ0n) is 7.44. The molecule has 2 rings (SSSR count). The molecule has 0 aliphatic rings. The lowest BCUT2D eigenvalue weighted by Crippen LogP contribution is -1.92. The lowest BCUT2D eigenvalue weighted by Gasteiger charge is -1.91. The lowest BCUT2D eigenvalue weighted by atomic mass is 10.2. The molecule has 6 heteroatoms. The van der Waals surface area contributed by atoms with Gasteiger partial charge in [0.25, 0.3) is 0 Å². The summed E-state index contributed by atoms with van der Waals surface area (Å²) in [4.78, 5) is 1.49. The number of anilines is 1. The van der Waals surface area contributed by atoms with Crippen molar-refractivity contribution in [2.75, 3.05) is 5.73 Å². The molecule has 0 aliphatic carbocycles. The Morgan fingerprint density at radius 3 is 2.77 bits per heavy atom. The first-order valence-electron chi connectivity index (χ1n) is 3.85. The van der Waals surface area contributed by atoms with Gasteiger partial charge < -0.3 is 5.73 Å². The molecule has 0 spiro atoms. The van der Waals surface area contributed by atoms with E-state index in [0.29, 0.717) is 5.82 Å². The molecular weight excluding hydrogens is 168 g/mol. The van der Waals surface area contributed by atoms with Gasteiger partial charge in [-0.3, -0.25) is 5.10 Å². The van der Waals surface area contributed by atoms with Gasteiger partial charge >= 0.3 is 0 Å². The molecule has 6 nitrogen and oxygen atoms in total. The predicted octanol–water partition coefficient (Wildman–Crippen LogP) is 0.0958. The van der Waals surface area contributed by atoms with Crippen LogP contribution < -0.4 is 5.73 Å². The number of nitrogens with two attached hydrogens (primary N) is 1. The maximum absolute atomic E-state index is 5.59. The number of hydrogen-bond acceptors (Lipinski definition) is 4. The summed E-state index contributed by atoms with van der Waals surface area (Å²) >= 11 is 0. The molecule has 0 fully saturated rings. The maximum Gasteiger partial charge on any atom is 0.148 e. The van der Waals surface area contributed by atoms with E-state index in [1.165, 1.54) is 4.80 Å². The van der Waals surface area contributed by atoms with Crippen LogP contribution >= 0.6 is 0 Å². The second-order valence-electron chi connectivity index (χ2n) is 2.83. The van der Waals surface area contributed by atoms with E-state index in [0.717, 1.165) is 17.0 Å². The van der Waals surface area contributed by atoms with Crippen molar-refractivity contribution in [3.8, 4) is 11.4 Å². The molecule has 0 amide bonds. The summed E-state index contributed by atoms with van der Waals surface area (Å²) in [5.41, 5.74) is 8.07. The fourth-order valence-electron chi connectivity index (χ4n) is 1.12. The second-order valence-corrected chi connectivity index (χ2v) is 2.83. The summed E-state index contributed by atoms with van der Waals surface area (Å²) in [5, 5.41) is 14.8. The third-order valence-corrected chi connectivity index (χ3v) is 1.90. The van der Waals surface area contributed by atoms with Crippen molar-refractivity contribution in [3.63, 3.8) is 0 Å². The van der Waals surface area contributed by atoms with Crippen molar-refractivity contribution in [1.29, 1.82) is 0 Å². The van der Waals surface area contributed by atoms with Crippen molar-refractivity contribution in [3.05, 3.63) is 11.8 Å². The molecule has 3 N–H and O–H groups in total. The van der Waals surface area contributed by atoms with Gasteiger partial charge in [-0.2, -0.15) is 20.1 Å². The SMILES string of the molecule is Cc1c(N)n[nH]c1-c1cnn(C)n1. The smallest absolute Gasteiger partial charge is 0.148 e. The number of aromatic amines is 1. The van der Waals surface area contributed by atoms with Crippen LogP contribution in [0.2, 0.25) is 0 Å². The van der Waals surface area contributed by atoms with E-state index in [1.807, 2.05) is 6.92 Å². The van der Waals surface area contributed by atoms with Crippen LogP contribution in [0.15, 0.2) is 6.20 Å². The molecule has 2 aromatic heterocycles. The fraction of sp³-hybridized carbons (Fsp3) is 0.286. The van der Waals surface area contributed by atoms with E-state index in [9.17, 15) is 0 Å². The number of nitrogen functional groups attached to an aromatic ring is 1. The molecule has 0 radical (unpaired) electrons. The standard InChI is InChI=1S/C7H10N6/c1-4-6(10-11-7(4)8)5-3-9-13(2)12-5/h3H,1-2H3,(H3,8,10,11). The monoisotopic (exact) mass is 178 g/mol. The number of rotatable bonds is 1. The van der Waals surface area contributed by atoms with E-state index >= 15 is 0 Å². The van der Waals surface area contributed by atoms with E-state index in [2.05, 4.69) is 20.4 Å². The largest absolute Gasteiger partial charge is 0.382 e. The number of nitrogens with zero attached hydrogens (tertiary/aromatic N) is 4. The molecule has 2 heterocycles. The minimum Gasteiger partial charge on any atom is -0.382 e. The molecule has 13 heavy (non-hydrogen) atoms. The highest BCUT2D eigenvalue weighted by Crippen LogP contribution is 2.20. The van der Waals surface area contributed by atoms with Crippen LogP contribution in [0.25, 0.3) is 11.4 Å². The molecule has 0 saturated carbocycles. The van der Waals surface area contributed by atoms with Gasteiger partial charge in [0.1, 0.15) is 11.5 Å². The third-order valence-electron chi connectivity index (χ3n) is 1.90. The van der Waals surface area contributed by atoms with Crippen LogP contribution in [0.4, 0.5) is 5.82 Å². The molecule has 0 atom stereocenters. The Hall–Kier alpha value is -1.85. The van der Waals surface area contributed by atoms with Crippen LogP contribution in [0.3, 0.4) is 0 Å². The van der Waals surface area contributed by atoms with Crippen molar-refractivity contribution in [2.24, 2.45) is 7.05 Å². The van der Waals surface area contributed by atoms with Crippen LogP contribution in [0.5, 0.6) is 0 Å². The zero-order valence-corrected chi connectivity index (χ0v) is 7.44. The fourth-order valence-corrected chi connectivity index (χ4v) is 1.12. The number of H-pyrrole nitrogens is 1. The number of hydrogen-bond donors (Lipinski definition) is 2. The Labute approximate surface area is 74.8 Å². The second kappa shape index (κ2) is 2.58. The topological polar surface area (TPSA) is 85.4 Å². The Morgan fingerprint density at radius 2 is 2.31 bits per heavy atom. The predicted molar refractivity (Wildman–Crippen MR) is 47.7 cm³/mol.